The summed E-state index contributed by atoms with van der Waals surface area (Å²) in [5.74, 6) is -0.352. The third-order valence-electron chi connectivity index (χ3n) is 4.65. The maximum Gasteiger partial charge on any atom is 0.416 e. The molecular weight excluding hydrogens is 419 g/mol. The molecule has 0 atom stereocenters. The molecule has 3 aromatic carbocycles. The minimum Gasteiger partial charge on any atom is -0.471 e. The molecule has 0 fully saturated rings. The number of hydrogen-bond acceptors (Lipinski definition) is 3. The van der Waals surface area contributed by atoms with E-state index in [0.29, 0.717) is 5.69 Å². The van der Waals surface area contributed by atoms with E-state index in [1.54, 1.807) is 12.1 Å². The van der Waals surface area contributed by atoms with E-state index in [2.05, 4.69) is 10.4 Å². The Hall–Kier alpha value is -4.07. The van der Waals surface area contributed by atoms with Crippen LogP contribution in [0.15, 0.2) is 91.1 Å². The number of nitrogens with zero attached hydrogens (tertiary/aromatic N) is 2. The van der Waals surface area contributed by atoms with E-state index in [0.717, 1.165) is 23.3 Å². The molecule has 0 saturated heterocycles. The number of alkyl halides is 3. The van der Waals surface area contributed by atoms with Gasteiger partial charge in [-0.2, -0.15) is 18.3 Å². The number of halogens is 3. The fourth-order valence-electron chi connectivity index (χ4n) is 3.03. The Balaban J connectivity index is 1.36. The average molecular weight is 437 g/mol. The highest BCUT2D eigenvalue weighted by atomic mass is 19.4. The molecule has 4 rings (SSSR count). The highest BCUT2D eigenvalue weighted by molar-refractivity contribution is 6.02. The Morgan fingerprint density at radius 3 is 2.34 bits per heavy atom. The van der Waals surface area contributed by atoms with E-state index < -0.39 is 17.6 Å². The van der Waals surface area contributed by atoms with Crippen molar-refractivity contribution < 1.29 is 22.7 Å². The molecule has 0 bridgehead atoms. The lowest BCUT2D eigenvalue weighted by Gasteiger charge is -2.10. The third-order valence-corrected chi connectivity index (χ3v) is 4.65. The second kappa shape index (κ2) is 8.97. The first-order valence-electron chi connectivity index (χ1n) is 9.69. The smallest absolute Gasteiger partial charge is 0.416 e. The summed E-state index contributed by atoms with van der Waals surface area (Å²) in [7, 11) is 0. The van der Waals surface area contributed by atoms with Crippen molar-refractivity contribution in [2.45, 2.75) is 12.9 Å². The third kappa shape index (κ3) is 5.15. The zero-order chi connectivity index (χ0) is 22.6. The lowest BCUT2D eigenvalue weighted by Crippen LogP contribution is -2.14. The summed E-state index contributed by atoms with van der Waals surface area (Å²) >= 11 is 0. The molecule has 0 aliphatic rings. The number of amides is 1. The minimum atomic E-state index is -4.45. The van der Waals surface area contributed by atoms with Crippen LogP contribution in [0.3, 0.4) is 0 Å². The first kappa shape index (κ1) is 21.2. The zero-order valence-electron chi connectivity index (χ0n) is 16.7. The van der Waals surface area contributed by atoms with Crippen LogP contribution in [0.4, 0.5) is 18.9 Å². The van der Waals surface area contributed by atoms with Gasteiger partial charge in [-0.15, -0.1) is 0 Å². The summed E-state index contributed by atoms with van der Waals surface area (Å²) in [6.07, 6.45) is -2.93. The molecule has 1 N–H and O–H groups in total. The predicted molar refractivity (Wildman–Crippen MR) is 114 cm³/mol. The molecule has 0 aliphatic heterocycles. The molecule has 1 aromatic heterocycles. The van der Waals surface area contributed by atoms with Gasteiger partial charge in [0.1, 0.15) is 5.75 Å². The van der Waals surface area contributed by atoms with Gasteiger partial charge in [-0.25, -0.2) is 4.68 Å². The van der Waals surface area contributed by atoms with E-state index >= 15 is 0 Å². The lowest BCUT2D eigenvalue weighted by atomic mass is 10.1. The van der Waals surface area contributed by atoms with Gasteiger partial charge in [-0.05, 0) is 47.5 Å². The fraction of sp³-hybridized carbons (Fsp3) is 0.0833. The van der Waals surface area contributed by atoms with Gasteiger partial charge in [0, 0.05) is 11.9 Å². The number of carbonyl (C=O) groups is 1. The van der Waals surface area contributed by atoms with E-state index in [9.17, 15) is 18.0 Å². The van der Waals surface area contributed by atoms with Crippen LogP contribution in [0.25, 0.3) is 11.1 Å². The zero-order valence-corrected chi connectivity index (χ0v) is 16.7. The molecule has 1 amide bonds. The second-order valence-electron chi connectivity index (χ2n) is 6.94. The van der Waals surface area contributed by atoms with Crippen molar-refractivity contribution in [3.63, 3.8) is 0 Å². The molecule has 0 saturated carbocycles. The Labute approximate surface area is 182 Å². The number of carbonyl (C=O) groups excluding carboxylic acids is 1. The summed E-state index contributed by atoms with van der Waals surface area (Å²) < 4.78 is 45.1. The van der Waals surface area contributed by atoms with Crippen LogP contribution in [0.5, 0.6) is 5.75 Å². The molecule has 0 spiro atoms. The number of ether oxygens (including phenoxy) is 1. The van der Waals surface area contributed by atoms with Crippen LogP contribution in [-0.4, -0.2) is 15.7 Å². The van der Waals surface area contributed by atoms with Crippen molar-refractivity contribution in [2.24, 2.45) is 0 Å². The summed E-state index contributed by atoms with van der Waals surface area (Å²) in [6, 6.07) is 23.4. The van der Waals surface area contributed by atoms with Crippen molar-refractivity contribution in [2.75, 3.05) is 5.32 Å². The fourth-order valence-corrected chi connectivity index (χ4v) is 3.03. The molecule has 4 aromatic rings. The van der Waals surface area contributed by atoms with Crippen LogP contribution in [0, 0.1) is 0 Å². The van der Waals surface area contributed by atoms with Gasteiger partial charge in [0.25, 0.3) is 5.91 Å². The van der Waals surface area contributed by atoms with Gasteiger partial charge < -0.3 is 10.1 Å². The molecular formula is C24H18F3N3O2. The SMILES string of the molecule is O=C(Nc1ccc(-c2ccccc2)cc1)c1ccn(COc2cccc(C(F)(F)F)c2)n1. The van der Waals surface area contributed by atoms with Crippen molar-refractivity contribution >= 4 is 11.6 Å². The Morgan fingerprint density at radius 1 is 0.906 bits per heavy atom. The Kier molecular flexibility index (Phi) is 5.93. The van der Waals surface area contributed by atoms with Crippen LogP contribution in [0.1, 0.15) is 16.1 Å². The first-order valence-corrected chi connectivity index (χ1v) is 9.69. The minimum absolute atomic E-state index is 0.0554. The molecule has 0 aliphatic carbocycles. The molecule has 0 unspecified atom stereocenters. The van der Waals surface area contributed by atoms with Crippen molar-refractivity contribution in [3.05, 3.63) is 102 Å². The number of anilines is 1. The van der Waals surface area contributed by atoms with Gasteiger partial charge in [0.15, 0.2) is 12.4 Å². The van der Waals surface area contributed by atoms with Crippen molar-refractivity contribution in [1.29, 1.82) is 0 Å². The van der Waals surface area contributed by atoms with Gasteiger partial charge in [0.05, 0.1) is 5.56 Å². The maximum atomic E-state index is 12.8. The van der Waals surface area contributed by atoms with E-state index in [4.69, 9.17) is 4.74 Å². The van der Waals surface area contributed by atoms with Gasteiger partial charge in [-0.1, -0.05) is 48.5 Å². The highest BCUT2D eigenvalue weighted by Crippen LogP contribution is 2.31. The molecule has 1 heterocycles. The molecule has 32 heavy (non-hydrogen) atoms. The number of nitrogens with one attached hydrogen (secondary N) is 1. The number of benzene rings is 3. The number of aromatic nitrogens is 2. The van der Waals surface area contributed by atoms with Crippen LogP contribution < -0.4 is 10.1 Å². The lowest BCUT2D eigenvalue weighted by molar-refractivity contribution is -0.137. The quantitative estimate of drug-likeness (QED) is 0.411. The Morgan fingerprint density at radius 2 is 1.62 bits per heavy atom. The number of rotatable bonds is 6. The summed E-state index contributed by atoms with van der Waals surface area (Å²) in [6.45, 7) is -0.139. The topological polar surface area (TPSA) is 56.2 Å². The molecule has 162 valence electrons. The molecule has 0 radical (unpaired) electrons. The van der Waals surface area contributed by atoms with Crippen LogP contribution in [0.2, 0.25) is 0 Å². The first-order chi connectivity index (χ1) is 15.4. The summed E-state index contributed by atoms with van der Waals surface area (Å²) in [5, 5.41) is 6.88. The largest absolute Gasteiger partial charge is 0.471 e. The predicted octanol–water partition coefficient (Wildman–Crippen LogP) is 5.86. The van der Waals surface area contributed by atoms with E-state index in [1.165, 1.54) is 29.1 Å². The second-order valence-corrected chi connectivity index (χ2v) is 6.94. The summed E-state index contributed by atoms with van der Waals surface area (Å²) in [4.78, 5) is 12.5. The average Bonchev–Trinajstić information content (AvgIpc) is 3.28. The maximum absolute atomic E-state index is 12.8. The monoisotopic (exact) mass is 437 g/mol. The van der Waals surface area contributed by atoms with Crippen LogP contribution in [-0.2, 0) is 12.9 Å². The van der Waals surface area contributed by atoms with Crippen molar-refractivity contribution in [3.8, 4) is 16.9 Å². The molecule has 8 heteroatoms. The highest BCUT2D eigenvalue weighted by Gasteiger charge is 2.30. The summed E-state index contributed by atoms with van der Waals surface area (Å²) in [5.41, 5.74) is 2.08. The van der Waals surface area contributed by atoms with Gasteiger partial charge in [0.2, 0.25) is 0 Å². The normalized spacial score (nSPS) is 11.2. The Bertz CT molecular complexity index is 1200. The van der Waals surface area contributed by atoms with E-state index in [-0.39, 0.29) is 18.2 Å². The molecule has 5 nitrogen and oxygen atoms in total. The van der Waals surface area contributed by atoms with Gasteiger partial charge in [-0.3, -0.25) is 4.79 Å². The number of hydrogen-bond donors (Lipinski definition) is 1. The standard InChI is InChI=1S/C24H18F3N3O2/c25-24(26,27)19-7-4-8-21(15-19)32-16-30-14-13-22(29-30)23(31)28-20-11-9-18(10-12-20)17-5-2-1-3-6-17/h1-15H,16H2,(H,28,31). The van der Waals surface area contributed by atoms with Crippen molar-refractivity contribution in [1.82, 2.24) is 9.78 Å². The van der Waals surface area contributed by atoms with Crippen LogP contribution >= 0.6 is 0 Å². The van der Waals surface area contributed by atoms with Gasteiger partial charge >= 0.3 is 6.18 Å². The van der Waals surface area contributed by atoms with E-state index in [1.807, 2.05) is 42.5 Å².